The number of anilines is 1. The summed E-state index contributed by atoms with van der Waals surface area (Å²) in [5.74, 6) is -0.216. The number of carbonyl (C=O) groups is 2. The van der Waals surface area contributed by atoms with Crippen molar-refractivity contribution in [3.63, 3.8) is 0 Å². The van der Waals surface area contributed by atoms with Gasteiger partial charge in [0.15, 0.2) is 0 Å². The Bertz CT molecular complexity index is 1610. The van der Waals surface area contributed by atoms with Crippen molar-refractivity contribution in [3.05, 3.63) is 95.1 Å². The van der Waals surface area contributed by atoms with Crippen molar-refractivity contribution in [1.82, 2.24) is 15.3 Å². The molecule has 39 heavy (non-hydrogen) atoms. The van der Waals surface area contributed by atoms with Gasteiger partial charge in [0, 0.05) is 30.6 Å². The van der Waals surface area contributed by atoms with E-state index in [-0.39, 0.29) is 21.3 Å². The molecule has 10 nitrogen and oxygen atoms in total. The number of methoxy groups -OCH3 is 1. The van der Waals surface area contributed by atoms with Crippen molar-refractivity contribution in [1.29, 1.82) is 0 Å². The van der Waals surface area contributed by atoms with Crippen LogP contribution in [0.15, 0.2) is 88.9 Å². The Hall–Kier alpha value is -4.48. The van der Waals surface area contributed by atoms with E-state index in [9.17, 15) is 18.0 Å². The van der Waals surface area contributed by atoms with E-state index in [1.807, 2.05) is 24.3 Å². The number of sulfonamides is 1. The molecule has 0 fully saturated rings. The summed E-state index contributed by atoms with van der Waals surface area (Å²) < 4.78 is 33.3. The van der Waals surface area contributed by atoms with Crippen molar-refractivity contribution in [2.24, 2.45) is 5.10 Å². The average molecular weight is 568 g/mol. The fourth-order valence-electron chi connectivity index (χ4n) is 3.16. The molecule has 202 valence electrons. The number of hydrazone groups is 1. The third-order valence-electron chi connectivity index (χ3n) is 5.04. The predicted octanol–water partition coefficient (Wildman–Crippen LogP) is 4.17. The summed E-state index contributed by atoms with van der Waals surface area (Å²) in [5, 5.41) is 5.06. The summed E-state index contributed by atoms with van der Waals surface area (Å²) in [5.41, 5.74) is 4.04. The van der Waals surface area contributed by atoms with E-state index in [0.717, 1.165) is 17.3 Å². The smallest absolute Gasteiger partial charge is 0.271 e. The minimum absolute atomic E-state index is 0.0863. The van der Waals surface area contributed by atoms with E-state index >= 15 is 0 Å². The lowest BCUT2D eigenvalue weighted by atomic mass is 10.2. The van der Waals surface area contributed by atoms with Gasteiger partial charge >= 0.3 is 0 Å². The molecule has 0 aliphatic rings. The fourth-order valence-corrected chi connectivity index (χ4v) is 4.47. The molecule has 0 atom stereocenters. The Morgan fingerprint density at radius 1 is 1.03 bits per heavy atom. The highest BCUT2D eigenvalue weighted by Gasteiger charge is 2.18. The van der Waals surface area contributed by atoms with Crippen LogP contribution in [0.4, 0.5) is 5.69 Å². The van der Waals surface area contributed by atoms with Gasteiger partial charge in [0.1, 0.15) is 10.9 Å². The number of hydrogen-bond donors (Lipinski definition) is 2. The monoisotopic (exact) mass is 567 g/mol. The quantitative estimate of drug-likeness (QED) is 0.142. The molecule has 2 amide bonds. The summed E-state index contributed by atoms with van der Waals surface area (Å²) in [4.78, 5) is 27.6. The first kappa shape index (κ1) is 29.1. The van der Waals surface area contributed by atoms with Crippen LogP contribution < -0.4 is 14.9 Å². The molecule has 4 aromatic rings. The average Bonchev–Trinajstić information content (AvgIpc) is 2.93. The zero-order valence-corrected chi connectivity index (χ0v) is 22.9. The van der Waals surface area contributed by atoms with E-state index in [0.29, 0.717) is 11.3 Å². The molecule has 0 unspecified atom stereocenters. The first-order valence-electron chi connectivity index (χ1n) is 11.4. The summed E-state index contributed by atoms with van der Waals surface area (Å²) in [6.07, 6.45) is 2.13. The second kappa shape index (κ2) is 13.4. The molecule has 0 aliphatic carbocycles. The third kappa shape index (κ3) is 8.00. The molecule has 0 radical (unpaired) electrons. The van der Waals surface area contributed by atoms with Crippen LogP contribution in [0.1, 0.15) is 15.9 Å². The number of carbonyl (C=O) groups excluding carboxylic acids is 2. The number of amides is 2. The van der Waals surface area contributed by atoms with E-state index in [1.165, 1.54) is 42.5 Å². The van der Waals surface area contributed by atoms with Crippen molar-refractivity contribution in [2.75, 3.05) is 25.9 Å². The second-order valence-electron chi connectivity index (χ2n) is 8.16. The largest absolute Gasteiger partial charge is 0.495 e. The molecule has 1 aromatic heterocycles. The van der Waals surface area contributed by atoms with E-state index < -0.39 is 15.9 Å². The first-order valence-corrected chi connectivity index (χ1v) is 13.3. The Morgan fingerprint density at radius 2 is 1.72 bits per heavy atom. The van der Waals surface area contributed by atoms with Gasteiger partial charge in [-0.1, -0.05) is 48.0 Å². The van der Waals surface area contributed by atoms with E-state index in [1.54, 1.807) is 44.4 Å². The van der Waals surface area contributed by atoms with Crippen molar-refractivity contribution in [2.45, 2.75) is 4.90 Å². The van der Waals surface area contributed by atoms with E-state index in [2.05, 4.69) is 20.2 Å². The zero-order chi connectivity index (χ0) is 28.4. The van der Waals surface area contributed by atoms with Crippen LogP contribution in [-0.4, -0.2) is 58.0 Å². The van der Waals surface area contributed by atoms with Crippen LogP contribution in [0.25, 0.3) is 10.9 Å². The Labute approximate surface area is 231 Å². The number of para-hydroxylation sites is 3. The van der Waals surface area contributed by atoms with Crippen molar-refractivity contribution < 1.29 is 22.7 Å². The Morgan fingerprint density at radius 3 is 2.44 bits per heavy atom. The van der Waals surface area contributed by atoms with Crippen LogP contribution in [0.2, 0.25) is 5.15 Å². The molecule has 0 aliphatic heterocycles. The predicted molar refractivity (Wildman–Crippen MR) is 152 cm³/mol. The molecule has 0 saturated heterocycles. The standard InChI is InChI=1S/C24H19ClN4O4S.C3H7NO/c1-33-22-12-5-4-11-21(22)29-34(31,32)19-9-6-8-17(14-19)24(30)28-26-15-18-13-16-7-2-3-10-20(16)27-23(18)25;1-4(2)3-5/h2-15,29H,1H3,(H,28,30);3H,1-2H3. The summed E-state index contributed by atoms with van der Waals surface area (Å²) >= 11 is 6.20. The maximum atomic E-state index is 12.8. The number of benzene rings is 3. The third-order valence-corrected chi connectivity index (χ3v) is 6.71. The number of aromatic nitrogens is 1. The maximum Gasteiger partial charge on any atom is 0.271 e. The van der Waals surface area contributed by atoms with Gasteiger partial charge in [-0.3, -0.25) is 14.3 Å². The van der Waals surface area contributed by atoms with Crippen LogP contribution in [0.5, 0.6) is 5.75 Å². The summed E-state index contributed by atoms with van der Waals surface area (Å²) in [6, 6.07) is 21.5. The highest BCUT2D eigenvalue weighted by molar-refractivity contribution is 7.92. The number of nitrogens with zero attached hydrogens (tertiary/aromatic N) is 3. The molecule has 0 bridgehead atoms. The number of fused-ring (bicyclic) bond motifs is 1. The fraction of sp³-hybridized carbons (Fsp3) is 0.111. The highest BCUT2D eigenvalue weighted by Crippen LogP contribution is 2.26. The van der Waals surface area contributed by atoms with Gasteiger partial charge < -0.3 is 9.64 Å². The highest BCUT2D eigenvalue weighted by atomic mass is 35.5. The number of rotatable bonds is 8. The Balaban J connectivity index is 0.000000771. The molecular weight excluding hydrogens is 542 g/mol. The molecule has 2 N–H and O–H groups in total. The topological polar surface area (TPSA) is 130 Å². The summed E-state index contributed by atoms with van der Waals surface area (Å²) in [7, 11) is 0.853. The molecular formula is C27H26ClN5O5S. The molecule has 0 saturated carbocycles. The van der Waals surface area contributed by atoms with Gasteiger partial charge in [0.05, 0.1) is 29.4 Å². The molecule has 12 heteroatoms. The number of pyridine rings is 1. The van der Waals surface area contributed by atoms with Crippen LogP contribution in [0.3, 0.4) is 0 Å². The molecule has 0 spiro atoms. The van der Waals surface area contributed by atoms with Gasteiger partial charge in [-0.25, -0.2) is 18.8 Å². The van der Waals surface area contributed by atoms with Crippen LogP contribution in [-0.2, 0) is 14.8 Å². The SMILES string of the molecule is CN(C)C=O.COc1ccccc1NS(=O)(=O)c1cccc(C(=O)NN=Cc2cc3ccccc3nc2Cl)c1. The number of ether oxygens (including phenoxy) is 1. The van der Waals surface area contributed by atoms with Gasteiger partial charge in [-0.15, -0.1) is 0 Å². The normalized spacial score (nSPS) is 10.9. The van der Waals surface area contributed by atoms with Crippen LogP contribution in [0, 0.1) is 0 Å². The van der Waals surface area contributed by atoms with Crippen molar-refractivity contribution >= 4 is 56.7 Å². The minimum Gasteiger partial charge on any atom is -0.495 e. The molecule has 4 rings (SSSR count). The number of halogens is 1. The van der Waals surface area contributed by atoms with Gasteiger partial charge in [-0.05, 0) is 42.5 Å². The zero-order valence-electron chi connectivity index (χ0n) is 21.3. The lowest BCUT2D eigenvalue weighted by molar-refractivity contribution is -0.115. The minimum atomic E-state index is -3.97. The van der Waals surface area contributed by atoms with Gasteiger partial charge in [-0.2, -0.15) is 5.10 Å². The molecule has 3 aromatic carbocycles. The van der Waals surface area contributed by atoms with Crippen molar-refractivity contribution in [3.8, 4) is 5.75 Å². The van der Waals surface area contributed by atoms with Gasteiger partial charge in [0.2, 0.25) is 6.41 Å². The van der Waals surface area contributed by atoms with Crippen LogP contribution >= 0.6 is 11.6 Å². The number of hydrogen-bond acceptors (Lipinski definition) is 7. The molecule has 1 heterocycles. The Kier molecular flexibility index (Phi) is 9.96. The lowest BCUT2D eigenvalue weighted by Gasteiger charge is -2.12. The van der Waals surface area contributed by atoms with E-state index in [4.69, 9.17) is 16.3 Å². The first-order chi connectivity index (χ1) is 18.6. The number of nitrogens with one attached hydrogen (secondary N) is 2. The lowest BCUT2D eigenvalue weighted by Crippen LogP contribution is -2.19. The second-order valence-corrected chi connectivity index (χ2v) is 10.2. The van der Waals surface area contributed by atoms with Gasteiger partial charge in [0.25, 0.3) is 15.9 Å². The maximum absolute atomic E-state index is 12.8. The summed E-state index contributed by atoms with van der Waals surface area (Å²) in [6.45, 7) is 0.